The molecule has 3 heteroatoms. The summed E-state index contributed by atoms with van der Waals surface area (Å²) in [5.74, 6) is 0.180. The minimum Gasteiger partial charge on any atom is -0.461 e. The van der Waals surface area contributed by atoms with Gasteiger partial charge in [-0.05, 0) is 24.3 Å². The molecule has 80 valence electrons. The standard InChI is InChI=1S/C13H11NO2/c15-12(13-7-4-10-16-13)8-9-14-11-5-2-1-3-6-11/h1-10,14H. The second kappa shape index (κ2) is 4.98. The van der Waals surface area contributed by atoms with Crippen molar-refractivity contribution in [1.82, 2.24) is 0 Å². The lowest BCUT2D eigenvalue weighted by Gasteiger charge is -1.97. The van der Waals surface area contributed by atoms with Crippen LogP contribution in [0.25, 0.3) is 0 Å². The van der Waals surface area contributed by atoms with Gasteiger partial charge in [0.05, 0.1) is 6.26 Å². The Labute approximate surface area is 93.4 Å². The topological polar surface area (TPSA) is 42.2 Å². The Hall–Kier alpha value is -2.29. The predicted octanol–water partition coefficient (Wildman–Crippen LogP) is 3.09. The Bertz CT molecular complexity index is 472. The van der Waals surface area contributed by atoms with E-state index in [0.29, 0.717) is 5.76 Å². The number of furan rings is 1. The molecule has 2 aromatic rings. The molecule has 3 nitrogen and oxygen atoms in total. The van der Waals surface area contributed by atoms with Crippen molar-refractivity contribution in [2.45, 2.75) is 0 Å². The molecule has 0 saturated carbocycles. The molecule has 0 saturated heterocycles. The van der Waals surface area contributed by atoms with Crippen molar-refractivity contribution in [2.75, 3.05) is 5.32 Å². The molecule has 0 aliphatic heterocycles. The molecule has 1 aromatic heterocycles. The van der Waals surface area contributed by atoms with Gasteiger partial charge in [-0.25, -0.2) is 0 Å². The van der Waals surface area contributed by atoms with E-state index >= 15 is 0 Å². The molecular weight excluding hydrogens is 202 g/mol. The van der Waals surface area contributed by atoms with Crippen molar-refractivity contribution >= 4 is 11.5 Å². The summed E-state index contributed by atoms with van der Waals surface area (Å²) in [7, 11) is 0. The Balaban J connectivity index is 1.93. The van der Waals surface area contributed by atoms with Crippen LogP contribution in [0.15, 0.2) is 65.4 Å². The van der Waals surface area contributed by atoms with Crippen LogP contribution in [0, 0.1) is 0 Å². The predicted molar refractivity (Wildman–Crippen MR) is 62.2 cm³/mol. The third-order valence-corrected chi connectivity index (χ3v) is 2.02. The van der Waals surface area contributed by atoms with Gasteiger partial charge in [0.15, 0.2) is 5.76 Å². The zero-order chi connectivity index (χ0) is 11.2. The van der Waals surface area contributed by atoms with Crippen molar-refractivity contribution in [3.8, 4) is 0 Å². The summed E-state index contributed by atoms with van der Waals surface area (Å²) >= 11 is 0. The van der Waals surface area contributed by atoms with Crippen LogP contribution in [0.2, 0.25) is 0 Å². The van der Waals surface area contributed by atoms with Gasteiger partial charge in [-0.1, -0.05) is 18.2 Å². The molecule has 0 fully saturated rings. The van der Waals surface area contributed by atoms with Crippen LogP contribution in [0.5, 0.6) is 0 Å². The number of nitrogens with one attached hydrogen (secondary N) is 1. The van der Waals surface area contributed by atoms with E-state index in [-0.39, 0.29) is 5.78 Å². The van der Waals surface area contributed by atoms with Crippen LogP contribution >= 0.6 is 0 Å². The molecule has 0 radical (unpaired) electrons. The fourth-order valence-electron chi connectivity index (χ4n) is 1.25. The van der Waals surface area contributed by atoms with Gasteiger partial charge < -0.3 is 9.73 Å². The average Bonchev–Trinajstić information content (AvgIpc) is 2.84. The van der Waals surface area contributed by atoms with Gasteiger partial charge >= 0.3 is 0 Å². The van der Waals surface area contributed by atoms with Crippen LogP contribution in [0.3, 0.4) is 0 Å². The van der Waals surface area contributed by atoms with Crippen LogP contribution in [-0.2, 0) is 0 Å². The second-order valence-electron chi connectivity index (χ2n) is 3.19. The van der Waals surface area contributed by atoms with Crippen molar-refractivity contribution in [3.05, 3.63) is 66.8 Å². The normalized spacial score (nSPS) is 10.5. The van der Waals surface area contributed by atoms with Crippen LogP contribution in [-0.4, -0.2) is 5.78 Å². The highest BCUT2D eigenvalue weighted by Crippen LogP contribution is 2.05. The van der Waals surface area contributed by atoms with Crippen molar-refractivity contribution in [1.29, 1.82) is 0 Å². The number of allylic oxidation sites excluding steroid dienone is 1. The minimum atomic E-state index is -0.159. The molecule has 1 heterocycles. The zero-order valence-corrected chi connectivity index (χ0v) is 8.59. The SMILES string of the molecule is O=C(C=CNc1ccccc1)c1ccco1. The molecule has 0 unspecified atom stereocenters. The van der Waals surface area contributed by atoms with Crippen molar-refractivity contribution in [3.63, 3.8) is 0 Å². The van der Waals surface area contributed by atoms with E-state index in [9.17, 15) is 4.79 Å². The fraction of sp³-hybridized carbons (Fsp3) is 0. The molecule has 0 amide bonds. The summed E-state index contributed by atoms with van der Waals surface area (Å²) in [4.78, 5) is 11.5. The molecule has 0 spiro atoms. The second-order valence-corrected chi connectivity index (χ2v) is 3.19. The Morgan fingerprint density at radius 1 is 1.12 bits per heavy atom. The van der Waals surface area contributed by atoms with Gasteiger partial charge in [0.25, 0.3) is 0 Å². The maximum absolute atomic E-state index is 11.5. The lowest BCUT2D eigenvalue weighted by Crippen LogP contribution is -1.93. The van der Waals surface area contributed by atoms with E-state index in [2.05, 4.69) is 5.32 Å². The van der Waals surface area contributed by atoms with E-state index in [1.807, 2.05) is 30.3 Å². The summed E-state index contributed by atoms with van der Waals surface area (Å²) in [6.45, 7) is 0. The first-order valence-electron chi connectivity index (χ1n) is 4.92. The third-order valence-electron chi connectivity index (χ3n) is 2.02. The number of benzene rings is 1. The minimum absolute atomic E-state index is 0.159. The molecule has 1 N–H and O–H groups in total. The number of carbonyl (C=O) groups is 1. The monoisotopic (exact) mass is 213 g/mol. The summed E-state index contributed by atoms with van der Waals surface area (Å²) < 4.78 is 4.97. The number of anilines is 1. The lowest BCUT2D eigenvalue weighted by molar-refractivity contribution is 0.102. The fourth-order valence-corrected chi connectivity index (χ4v) is 1.25. The van der Waals surface area contributed by atoms with E-state index < -0.39 is 0 Å². The first-order valence-corrected chi connectivity index (χ1v) is 4.92. The van der Waals surface area contributed by atoms with Gasteiger partial charge in [0.1, 0.15) is 0 Å². The highest BCUT2D eigenvalue weighted by molar-refractivity contribution is 6.02. The Morgan fingerprint density at radius 2 is 1.94 bits per heavy atom. The summed E-state index contributed by atoms with van der Waals surface area (Å²) in [6, 6.07) is 12.9. The third kappa shape index (κ3) is 2.60. The first kappa shape index (κ1) is 10.2. The van der Waals surface area contributed by atoms with Gasteiger partial charge in [0.2, 0.25) is 5.78 Å². The lowest BCUT2D eigenvalue weighted by atomic mass is 10.3. The molecule has 2 rings (SSSR count). The van der Waals surface area contributed by atoms with E-state index in [0.717, 1.165) is 5.69 Å². The summed E-state index contributed by atoms with van der Waals surface area (Å²) in [5.41, 5.74) is 0.936. The van der Waals surface area contributed by atoms with Gasteiger partial charge in [0, 0.05) is 18.0 Å². The van der Waals surface area contributed by atoms with Gasteiger partial charge in [-0.3, -0.25) is 4.79 Å². The zero-order valence-electron chi connectivity index (χ0n) is 8.59. The first-order chi connectivity index (χ1) is 7.86. The van der Waals surface area contributed by atoms with Gasteiger partial charge in [-0.2, -0.15) is 0 Å². The summed E-state index contributed by atoms with van der Waals surface area (Å²) in [6.07, 6.45) is 4.51. The Morgan fingerprint density at radius 3 is 2.62 bits per heavy atom. The number of hydrogen-bond acceptors (Lipinski definition) is 3. The van der Waals surface area contributed by atoms with Crippen molar-refractivity contribution in [2.24, 2.45) is 0 Å². The average molecular weight is 213 g/mol. The maximum Gasteiger partial charge on any atom is 0.222 e. The van der Waals surface area contributed by atoms with Gasteiger partial charge in [-0.15, -0.1) is 0 Å². The van der Waals surface area contributed by atoms with Crippen LogP contribution in [0.1, 0.15) is 10.6 Å². The smallest absolute Gasteiger partial charge is 0.222 e. The number of hydrogen-bond donors (Lipinski definition) is 1. The largest absolute Gasteiger partial charge is 0.461 e. The molecular formula is C13H11NO2. The van der Waals surface area contributed by atoms with Crippen LogP contribution in [0.4, 0.5) is 5.69 Å². The van der Waals surface area contributed by atoms with Crippen LogP contribution < -0.4 is 5.32 Å². The summed E-state index contributed by atoms with van der Waals surface area (Å²) in [5, 5.41) is 2.99. The maximum atomic E-state index is 11.5. The van der Waals surface area contributed by atoms with Crippen molar-refractivity contribution < 1.29 is 9.21 Å². The quantitative estimate of drug-likeness (QED) is 0.626. The number of para-hydroxylation sites is 1. The van der Waals surface area contributed by atoms with E-state index in [1.54, 1.807) is 18.3 Å². The Kier molecular flexibility index (Phi) is 3.18. The molecule has 1 aromatic carbocycles. The van der Waals surface area contributed by atoms with E-state index in [4.69, 9.17) is 4.42 Å². The molecule has 0 atom stereocenters. The molecule has 0 aliphatic carbocycles. The molecule has 0 aliphatic rings. The highest BCUT2D eigenvalue weighted by atomic mass is 16.3. The molecule has 0 bridgehead atoms. The highest BCUT2D eigenvalue weighted by Gasteiger charge is 2.02. The number of carbonyl (C=O) groups excluding carboxylic acids is 1. The number of ketones is 1. The van der Waals surface area contributed by atoms with E-state index in [1.165, 1.54) is 12.3 Å². The molecule has 16 heavy (non-hydrogen) atoms. The number of rotatable bonds is 4.